The number of nitrogens with zero attached hydrogens (tertiary/aromatic N) is 1. The van der Waals surface area contributed by atoms with Crippen molar-refractivity contribution in [2.45, 2.75) is 17.6 Å². The molecule has 0 unspecified atom stereocenters. The van der Waals surface area contributed by atoms with Crippen molar-refractivity contribution in [1.82, 2.24) is 4.98 Å². The summed E-state index contributed by atoms with van der Waals surface area (Å²) in [5, 5.41) is 2.74. The van der Waals surface area contributed by atoms with Crippen molar-refractivity contribution in [2.24, 2.45) is 0 Å². The second kappa shape index (κ2) is 6.24. The van der Waals surface area contributed by atoms with Crippen LogP contribution >= 0.6 is 11.8 Å². The molecule has 0 aliphatic heterocycles. The summed E-state index contributed by atoms with van der Waals surface area (Å²) in [6.45, 7) is 1.49. The molecule has 19 heavy (non-hydrogen) atoms. The van der Waals surface area contributed by atoms with Crippen molar-refractivity contribution in [3.05, 3.63) is 48.2 Å². The maximum Gasteiger partial charge on any atom is 0.221 e. The number of benzene rings is 1. The molecule has 1 amide bonds. The molecule has 5 heteroatoms. The second-order valence-corrected chi connectivity index (χ2v) is 5.10. The fourth-order valence-electron chi connectivity index (χ4n) is 1.57. The number of carbonyl (C=O) groups is 1. The number of thioether (sulfide) groups is 1. The molecule has 0 radical (unpaired) electrons. The summed E-state index contributed by atoms with van der Waals surface area (Å²) in [6, 6.07) is 13.3. The van der Waals surface area contributed by atoms with Gasteiger partial charge < -0.3 is 11.1 Å². The number of hydrogen-bond donors (Lipinski definition) is 2. The van der Waals surface area contributed by atoms with Crippen LogP contribution in [0.3, 0.4) is 0 Å². The third-order valence-corrected chi connectivity index (χ3v) is 3.44. The average molecular weight is 273 g/mol. The quantitative estimate of drug-likeness (QED) is 0.840. The van der Waals surface area contributed by atoms with E-state index in [-0.39, 0.29) is 5.91 Å². The van der Waals surface area contributed by atoms with E-state index in [0.29, 0.717) is 5.82 Å². The van der Waals surface area contributed by atoms with E-state index in [9.17, 15) is 4.79 Å². The monoisotopic (exact) mass is 273 g/mol. The van der Waals surface area contributed by atoms with Gasteiger partial charge in [0.15, 0.2) is 0 Å². The Hall–Kier alpha value is -2.01. The van der Waals surface area contributed by atoms with Crippen LogP contribution in [-0.2, 0) is 10.5 Å². The molecule has 2 aromatic rings. The maximum absolute atomic E-state index is 10.9. The highest BCUT2D eigenvalue weighted by Crippen LogP contribution is 2.23. The van der Waals surface area contributed by atoms with Gasteiger partial charge in [0.05, 0.1) is 5.69 Å². The number of pyridine rings is 1. The van der Waals surface area contributed by atoms with E-state index in [1.807, 2.05) is 36.4 Å². The van der Waals surface area contributed by atoms with Gasteiger partial charge in [-0.25, -0.2) is 4.98 Å². The van der Waals surface area contributed by atoms with E-state index in [1.165, 1.54) is 6.92 Å². The molecule has 0 saturated heterocycles. The first-order valence-corrected chi connectivity index (χ1v) is 6.84. The van der Waals surface area contributed by atoms with E-state index < -0.39 is 0 Å². The lowest BCUT2D eigenvalue weighted by Gasteiger charge is -2.05. The fraction of sp³-hybridized carbons (Fsp3) is 0.143. The lowest BCUT2D eigenvalue weighted by Crippen LogP contribution is -2.05. The Kier molecular flexibility index (Phi) is 4.41. The standard InChI is InChI=1S/C14H15N3OS/c1-10(18)16-11-5-7-13(8-6-11)19-9-12-3-2-4-14(15)17-12/h2-8H,9H2,1H3,(H2,15,17)(H,16,18). The topological polar surface area (TPSA) is 68.0 Å². The van der Waals surface area contributed by atoms with Gasteiger partial charge in [-0.3, -0.25) is 4.79 Å². The molecule has 1 aromatic carbocycles. The van der Waals surface area contributed by atoms with Crippen LogP contribution in [0.1, 0.15) is 12.6 Å². The van der Waals surface area contributed by atoms with Gasteiger partial charge in [0.25, 0.3) is 0 Å². The molecular weight excluding hydrogens is 258 g/mol. The van der Waals surface area contributed by atoms with Crippen molar-refractivity contribution in [3.8, 4) is 0 Å². The summed E-state index contributed by atoms with van der Waals surface area (Å²) in [7, 11) is 0. The van der Waals surface area contributed by atoms with Gasteiger partial charge in [0, 0.05) is 23.3 Å². The van der Waals surface area contributed by atoms with Gasteiger partial charge >= 0.3 is 0 Å². The number of aromatic nitrogens is 1. The van der Waals surface area contributed by atoms with Crippen LogP contribution in [-0.4, -0.2) is 10.9 Å². The van der Waals surface area contributed by atoms with E-state index in [1.54, 1.807) is 17.8 Å². The Morgan fingerprint density at radius 2 is 2.00 bits per heavy atom. The molecule has 1 aromatic heterocycles. The van der Waals surface area contributed by atoms with E-state index >= 15 is 0 Å². The van der Waals surface area contributed by atoms with Gasteiger partial charge in [0.1, 0.15) is 5.82 Å². The summed E-state index contributed by atoms with van der Waals surface area (Å²) < 4.78 is 0. The summed E-state index contributed by atoms with van der Waals surface area (Å²) in [6.07, 6.45) is 0. The first kappa shape index (κ1) is 13.4. The SMILES string of the molecule is CC(=O)Nc1ccc(SCc2cccc(N)n2)cc1. The third-order valence-electron chi connectivity index (χ3n) is 2.39. The molecule has 98 valence electrons. The molecule has 3 N–H and O–H groups in total. The van der Waals surface area contributed by atoms with Crippen molar-refractivity contribution in [1.29, 1.82) is 0 Å². The molecule has 0 fully saturated rings. The highest BCUT2D eigenvalue weighted by molar-refractivity contribution is 7.98. The lowest BCUT2D eigenvalue weighted by atomic mass is 10.3. The average Bonchev–Trinajstić information content (AvgIpc) is 2.37. The molecular formula is C14H15N3OS. The number of amides is 1. The summed E-state index contributed by atoms with van der Waals surface area (Å²) in [5.74, 6) is 1.24. The van der Waals surface area contributed by atoms with E-state index in [2.05, 4.69) is 10.3 Å². The Balaban J connectivity index is 1.94. The number of carbonyl (C=O) groups excluding carboxylic acids is 1. The normalized spacial score (nSPS) is 10.2. The zero-order valence-electron chi connectivity index (χ0n) is 10.6. The summed E-state index contributed by atoms with van der Waals surface area (Å²) in [4.78, 5) is 16.3. The Morgan fingerprint density at radius 1 is 1.26 bits per heavy atom. The Labute approximate surface area is 116 Å². The molecule has 0 saturated carbocycles. The molecule has 0 aliphatic rings. The molecule has 0 spiro atoms. The largest absolute Gasteiger partial charge is 0.384 e. The highest BCUT2D eigenvalue weighted by atomic mass is 32.2. The molecule has 2 rings (SSSR count). The van der Waals surface area contributed by atoms with Gasteiger partial charge in [-0.2, -0.15) is 0 Å². The molecule has 0 bridgehead atoms. The van der Waals surface area contributed by atoms with Crippen LogP contribution in [0.2, 0.25) is 0 Å². The minimum Gasteiger partial charge on any atom is -0.384 e. The highest BCUT2D eigenvalue weighted by Gasteiger charge is 2.00. The van der Waals surface area contributed by atoms with Crippen LogP contribution in [0.4, 0.5) is 11.5 Å². The Bertz CT molecular complexity index is 569. The van der Waals surface area contributed by atoms with Crippen LogP contribution < -0.4 is 11.1 Å². The first-order chi connectivity index (χ1) is 9.13. The summed E-state index contributed by atoms with van der Waals surface area (Å²) in [5.41, 5.74) is 7.39. The lowest BCUT2D eigenvalue weighted by molar-refractivity contribution is -0.114. The van der Waals surface area contributed by atoms with Gasteiger partial charge in [-0.1, -0.05) is 6.07 Å². The number of nitrogens with one attached hydrogen (secondary N) is 1. The van der Waals surface area contributed by atoms with Gasteiger partial charge in [0.2, 0.25) is 5.91 Å². The Morgan fingerprint density at radius 3 is 2.63 bits per heavy atom. The number of nitrogen functional groups attached to an aromatic ring is 1. The number of hydrogen-bond acceptors (Lipinski definition) is 4. The fourth-order valence-corrected chi connectivity index (χ4v) is 2.38. The molecule has 0 aliphatic carbocycles. The second-order valence-electron chi connectivity index (χ2n) is 4.05. The minimum absolute atomic E-state index is 0.0654. The van der Waals surface area contributed by atoms with Crippen LogP contribution in [0.15, 0.2) is 47.4 Å². The van der Waals surface area contributed by atoms with Crippen molar-refractivity contribution < 1.29 is 4.79 Å². The molecule has 4 nitrogen and oxygen atoms in total. The predicted octanol–water partition coefficient (Wildman–Crippen LogP) is 2.91. The van der Waals surface area contributed by atoms with Crippen LogP contribution in [0, 0.1) is 0 Å². The molecule has 1 heterocycles. The van der Waals surface area contributed by atoms with E-state index in [4.69, 9.17) is 5.73 Å². The number of anilines is 2. The van der Waals surface area contributed by atoms with Crippen LogP contribution in [0.5, 0.6) is 0 Å². The first-order valence-electron chi connectivity index (χ1n) is 5.85. The van der Waals surface area contributed by atoms with Crippen LogP contribution in [0.25, 0.3) is 0 Å². The number of nitrogens with two attached hydrogens (primary N) is 1. The van der Waals surface area contributed by atoms with Crippen molar-refractivity contribution in [3.63, 3.8) is 0 Å². The smallest absolute Gasteiger partial charge is 0.221 e. The van der Waals surface area contributed by atoms with Gasteiger partial charge in [-0.15, -0.1) is 11.8 Å². The van der Waals surface area contributed by atoms with E-state index in [0.717, 1.165) is 22.0 Å². The zero-order valence-corrected chi connectivity index (χ0v) is 11.4. The van der Waals surface area contributed by atoms with Gasteiger partial charge in [-0.05, 0) is 36.4 Å². The third kappa shape index (κ3) is 4.30. The summed E-state index contributed by atoms with van der Waals surface area (Å²) >= 11 is 1.68. The minimum atomic E-state index is -0.0654. The van der Waals surface area contributed by atoms with Crippen molar-refractivity contribution in [2.75, 3.05) is 11.1 Å². The predicted molar refractivity (Wildman–Crippen MR) is 79.0 cm³/mol. The van der Waals surface area contributed by atoms with Crippen molar-refractivity contribution >= 4 is 29.2 Å². The maximum atomic E-state index is 10.9. The number of rotatable bonds is 4. The zero-order chi connectivity index (χ0) is 13.7. The molecule has 0 atom stereocenters.